The summed E-state index contributed by atoms with van der Waals surface area (Å²) in [4.78, 5) is 12.1. The van der Waals surface area contributed by atoms with Crippen molar-refractivity contribution in [2.75, 3.05) is 12.1 Å². The molecule has 4 heteroatoms. The van der Waals surface area contributed by atoms with E-state index < -0.39 is 0 Å². The van der Waals surface area contributed by atoms with Crippen LogP contribution in [-0.4, -0.2) is 12.7 Å². The number of carbonyl (C=O) groups is 1. The molecule has 4 nitrogen and oxygen atoms in total. The first kappa shape index (κ1) is 14.4. The highest BCUT2D eigenvalue weighted by atomic mass is 16.7. The van der Waals surface area contributed by atoms with E-state index in [0.29, 0.717) is 12.8 Å². The zero-order chi connectivity index (χ0) is 15.5. The Labute approximate surface area is 130 Å². The summed E-state index contributed by atoms with van der Waals surface area (Å²) < 4.78 is 10.6. The van der Waals surface area contributed by atoms with Gasteiger partial charge in [-0.25, -0.2) is 0 Å². The highest BCUT2D eigenvalue weighted by Crippen LogP contribution is 2.32. The molecular weight excluding hydrogens is 278 g/mol. The molecule has 2 aromatic carbocycles. The van der Waals surface area contributed by atoms with Gasteiger partial charge in [0.15, 0.2) is 11.5 Å². The van der Waals surface area contributed by atoms with E-state index >= 15 is 0 Å². The molecule has 0 unspecified atom stereocenters. The van der Waals surface area contributed by atoms with E-state index in [0.717, 1.165) is 33.9 Å². The molecule has 3 rings (SSSR count). The number of ether oxygens (including phenoxy) is 2. The molecule has 0 atom stereocenters. The van der Waals surface area contributed by atoms with Gasteiger partial charge in [-0.15, -0.1) is 0 Å². The van der Waals surface area contributed by atoms with E-state index in [-0.39, 0.29) is 12.7 Å². The topological polar surface area (TPSA) is 47.6 Å². The van der Waals surface area contributed by atoms with Crippen LogP contribution in [0.4, 0.5) is 5.69 Å². The molecule has 0 radical (unpaired) electrons. The minimum atomic E-state index is 0.0164. The molecule has 22 heavy (non-hydrogen) atoms. The molecule has 0 spiro atoms. The van der Waals surface area contributed by atoms with E-state index in [1.54, 1.807) is 0 Å². The minimum Gasteiger partial charge on any atom is -0.454 e. The molecule has 1 aliphatic rings. The van der Waals surface area contributed by atoms with Crippen molar-refractivity contribution >= 4 is 11.6 Å². The Morgan fingerprint density at radius 3 is 2.55 bits per heavy atom. The van der Waals surface area contributed by atoms with Crippen LogP contribution >= 0.6 is 0 Å². The van der Waals surface area contributed by atoms with Crippen molar-refractivity contribution in [2.45, 2.75) is 26.7 Å². The van der Waals surface area contributed by atoms with E-state index in [9.17, 15) is 4.79 Å². The van der Waals surface area contributed by atoms with Gasteiger partial charge in [-0.05, 0) is 61.2 Å². The molecule has 1 amide bonds. The van der Waals surface area contributed by atoms with Crippen molar-refractivity contribution in [2.24, 2.45) is 0 Å². The van der Waals surface area contributed by atoms with Gasteiger partial charge in [-0.1, -0.05) is 12.1 Å². The molecule has 114 valence electrons. The van der Waals surface area contributed by atoms with Gasteiger partial charge >= 0.3 is 0 Å². The third-order valence-electron chi connectivity index (χ3n) is 3.58. The Morgan fingerprint density at radius 1 is 1.05 bits per heavy atom. The second-order valence-electron chi connectivity index (χ2n) is 5.61. The number of hydrogen-bond acceptors (Lipinski definition) is 3. The van der Waals surface area contributed by atoms with Crippen LogP contribution in [0.3, 0.4) is 0 Å². The average molecular weight is 297 g/mol. The van der Waals surface area contributed by atoms with Crippen molar-refractivity contribution in [1.82, 2.24) is 0 Å². The largest absolute Gasteiger partial charge is 0.454 e. The number of hydrogen-bond donors (Lipinski definition) is 1. The second-order valence-corrected chi connectivity index (χ2v) is 5.61. The number of anilines is 1. The Hall–Kier alpha value is -2.49. The van der Waals surface area contributed by atoms with Gasteiger partial charge in [0.1, 0.15) is 0 Å². The third-order valence-corrected chi connectivity index (χ3v) is 3.58. The van der Waals surface area contributed by atoms with Gasteiger partial charge in [0.05, 0.1) is 0 Å². The van der Waals surface area contributed by atoms with E-state index in [4.69, 9.17) is 9.47 Å². The number of carbonyl (C=O) groups excluding carboxylic acids is 1. The van der Waals surface area contributed by atoms with E-state index in [1.807, 2.05) is 44.2 Å². The quantitative estimate of drug-likeness (QED) is 0.938. The molecule has 2 aromatic rings. The van der Waals surface area contributed by atoms with Crippen LogP contribution in [0.1, 0.15) is 23.1 Å². The molecule has 1 aliphatic heterocycles. The van der Waals surface area contributed by atoms with Crippen LogP contribution in [0.5, 0.6) is 11.5 Å². The minimum absolute atomic E-state index is 0.0164. The van der Waals surface area contributed by atoms with Crippen molar-refractivity contribution in [3.05, 3.63) is 53.1 Å². The van der Waals surface area contributed by atoms with E-state index in [1.165, 1.54) is 0 Å². The van der Waals surface area contributed by atoms with Crippen molar-refractivity contribution < 1.29 is 14.3 Å². The van der Waals surface area contributed by atoms with Crippen LogP contribution < -0.4 is 14.8 Å². The highest BCUT2D eigenvalue weighted by molar-refractivity contribution is 5.91. The monoisotopic (exact) mass is 297 g/mol. The summed E-state index contributed by atoms with van der Waals surface area (Å²) in [6, 6.07) is 11.8. The van der Waals surface area contributed by atoms with Crippen LogP contribution in [0.15, 0.2) is 36.4 Å². The predicted molar refractivity (Wildman–Crippen MR) is 85.4 cm³/mol. The molecule has 0 aromatic heterocycles. The van der Waals surface area contributed by atoms with Gasteiger partial charge in [-0.3, -0.25) is 4.79 Å². The lowest BCUT2D eigenvalue weighted by atomic mass is 10.1. The van der Waals surface area contributed by atoms with Gasteiger partial charge in [0, 0.05) is 12.1 Å². The Balaban J connectivity index is 1.58. The van der Waals surface area contributed by atoms with E-state index in [2.05, 4.69) is 11.4 Å². The summed E-state index contributed by atoms with van der Waals surface area (Å²) in [5.74, 6) is 1.54. The maximum Gasteiger partial charge on any atom is 0.231 e. The number of rotatable bonds is 4. The standard InChI is InChI=1S/C18H19NO3/c1-12-7-13(2)9-15(8-12)19-18(20)6-4-14-3-5-16-17(10-14)22-11-21-16/h3,5,7-10H,4,6,11H2,1-2H3,(H,19,20). The summed E-state index contributed by atoms with van der Waals surface area (Å²) >= 11 is 0. The lowest BCUT2D eigenvalue weighted by Crippen LogP contribution is -2.12. The fraction of sp³-hybridized carbons (Fsp3) is 0.278. The SMILES string of the molecule is Cc1cc(C)cc(NC(=O)CCc2ccc3c(c2)OCO3)c1. The number of nitrogens with one attached hydrogen (secondary N) is 1. The Bertz CT molecular complexity index is 689. The maximum atomic E-state index is 12.1. The fourth-order valence-electron chi connectivity index (χ4n) is 2.62. The summed E-state index contributed by atoms with van der Waals surface area (Å²) in [6.07, 6.45) is 1.11. The summed E-state index contributed by atoms with van der Waals surface area (Å²) in [5, 5.41) is 2.95. The molecular formula is C18H19NO3. The normalized spacial score (nSPS) is 12.3. The summed E-state index contributed by atoms with van der Waals surface area (Å²) in [7, 11) is 0. The average Bonchev–Trinajstić information content (AvgIpc) is 2.91. The van der Waals surface area contributed by atoms with Crippen LogP contribution in [0.25, 0.3) is 0 Å². The second kappa shape index (κ2) is 6.10. The van der Waals surface area contributed by atoms with Crippen LogP contribution in [0, 0.1) is 13.8 Å². The molecule has 1 heterocycles. The molecule has 0 aliphatic carbocycles. The summed E-state index contributed by atoms with van der Waals surface area (Å²) in [6.45, 7) is 4.32. The van der Waals surface area contributed by atoms with Gasteiger partial charge < -0.3 is 14.8 Å². The first-order valence-corrected chi connectivity index (χ1v) is 7.37. The Morgan fingerprint density at radius 2 is 1.77 bits per heavy atom. The highest BCUT2D eigenvalue weighted by Gasteiger charge is 2.13. The summed E-state index contributed by atoms with van der Waals surface area (Å²) in [5.41, 5.74) is 4.21. The first-order chi connectivity index (χ1) is 10.6. The lowest BCUT2D eigenvalue weighted by molar-refractivity contribution is -0.116. The molecule has 0 bridgehead atoms. The smallest absolute Gasteiger partial charge is 0.231 e. The molecule has 1 N–H and O–H groups in total. The zero-order valence-corrected chi connectivity index (χ0v) is 12.8. The van der Waals surface area contributed by atoms with Crippen molar-refractivity contribution in [3.8, 4) is 11.5 Å². The molecule has 0 fully saturated rings. The number of aryl methyl sites for hydroxylation is 3. The number of amides is 1. The van der Waals surface area contributed by atoms with Crippen molar-refractivity contribution in [1.29, 1.82) is 0 Å². The van der Waals surface area contributed by atoms with Crippen molar-refractivity contribution in [3.63, 3.8) is 0 Å². The first-order valence-electron chi connectivity index (χ1n) is 7.37. The van der Waals surface area contributed by atoms with Crippen LogP contribution in [-0.2, 0) is 11.2 Å². The fourth-order valence-corrected chi connectivity index (χ4v) is 2.62. The Kier molecular flexibility index (Phi) is 4.00. The lowest BCUT2D eigenvalue weighted by Gasteiger charge is -2.08. The van der Waals surface area contributed by atoms with Gasteiger partial charge in [0.25, 0.3) is 0 Å². The van der Waals surface area contributed by atoms with Gasteiger partial charge in [0.2, 0.25) is 12.7 Å². The van der Waals surface area contributed by atoms with Gasteiger partial charge in [-0.2, -0.15) is 0 Å². The predicted octanol–water partition coefficient (Wildman–Crippen LogP) is 3.60. The maximum absolute atomic E-state index is 12.1. The molecule has 0 saturated carbocycles. The number of fused-ring (bicyclic) bond motifs is 1. The third kappa shape index (κ3) is 3.39. The molecule has 0 saturated heterocycles. The zero-order valence-electron chi connectivity index (χ0n) is 12.8. The number of benzene rings is 2. The van der Waals surface area contributed by atoms with Crippen LogP contribution in [0.2, 0.25) is 0 Å².